The van der Waals surface area contributed by atoms with Gasteiger partial charge >= 0.3 is 0 Å². The first-order chi connectivity index (χ1) is 10.7. The third-order valence-corrected chi connectivity index (χ3v) is 3.54. The van der Waals surface area contributed by atoms with Gasteiger partial charge in [-0.25, -0.2) is 0 Å². The highest BCUT2D eigenvalue weighted by molar-refractivity contribution is 6.12. The van der Waals surface area contributed by atoms with E-state index in [0.717, 1.165) is 10.9 Å². The molecule has 0 aliphatic heterocycles. The highest BCUT2D eigenvalue weighted by Crippen LogP contribution is 2.24. The number of aliphatic hydroxyl groups is 1. The summed E-state index contributed by atoms with van der Waals surface area (Å²) in [6.07, 6.45) is 1.80. The average Bonchev–Trinajstić information content (AvgIpc) is 3.03. The minimum atomic E-state index is -0.206. The molecule has 112 valence electrons. The van der Waals surface area contributed by atoms with Crippen LogP contribution in [0.1, 0.15) is 15.9 Å². The zero-order chi connectivity index (χ0) is 15.5. The van der Waals surface area contributed by atoms with Crippen LogP contribution in [0.15, 0.2) is 48.7 Å². The number of methoxy groups -OCH3 is 1. The van der Waals surface area contributed by atoms with Gasteiger partial charge < -0.3 is 20.1 Å². The van der Waals surface area contributed by atoms with Crippen LogP contribution in [0.4, 0.5) is 5.69 Å². The first kappa shape index (κ1) is 14.2. The van der Waals surface area contributed by atoms with Crippen molar-refractivity contribution < 1.29 is 14.6 Å². The van der Waals surface area contributed by atoms with Crippen LogP contribution in [0.3, 0.4) is 0 Å². The summed E-state index contributed by atoms with van der Waals surface area (Å²) >= 11 is 0. The molecule has 22 heavy (non-hydrogen) atoms. The summed E-state index contributed by atoms with van der Waals surface area (Å²) < 4.78 is 5.15. The number of amides is 1. The molecule has 3 N–H and O–H groups in total. The lowest BCUT2D eigenvalue weighted by Gasteiger charge is -2.10. The van der Waals surface area contributed by atoms with E-state index in [0.29, 0.717) is 22.6 Å². The zero-order valence-corrected chi connectivity index (χ0v) is 12.1. The van der Waals surface area contributed by atoms with E-state index < -0.39 is 0 Å². The Bertz CT molecular complexity index is 824. The van der Waals surface area contributed by atoms with E-state index in [9.17, 15) is 9.90 Å². The second-order valence-corrected chi connectivity index (χ2v) is 4.89. The molecule has 0 saturated carbocycles. The fourth-order valence-electron chi connectivity index (χ4n) is 2.45. The number of fused-ring (bicyclic) bond motifs is 1. The molecule has 0 atom stereocenters. The van der Waals surface area contributed by atoms with Crippen molar-refractivity contribution in [2.24, 2.45) is 0 Å². The summed E-state index contributed by atoms with van der Waals surface area (Å²) in [4.78, 5) is 15.5. The Hall–Kier alpha value is -2.79. The molecule has 0 unspecified atom stereocenters. The smallest absolute Gasteiger partial charge is 0.257 e. The van der Waals surface area contributed by atoms with Crippen molar-refractivity contribution in [2.75, 3.05) is 12.4 Å². The molecular formula is C17H16N2O3. The van der Waals surface area contributed by atoms with Crippen LogP contribution in [-0.4, -0.2) is 23.1 Å². The van der Waals surface area contributed by atoms with Crippen LogP contribution >= 0.6 is 0 Å². The number of para-hydroxylation sites is 1. The molecule has 3 aromatic rings. The summed E-state index contributed by atoms with van der Waals surface area (Å²) in [5.74, 6) is 0.383. The SMILES string of the molecule is COc1ccc(NC(=O)c2cccc3cc[nH]c23)cc1CO. The van der Waals surface area contributed by atoms with Gasteiger partial charge in [0.25, 0.3) is 5.91 Å². The molecule has 0 radical (unpaired) electrons. The number of aromatic nitrogens is 1. The normalized spacial score (nSPS) is 10.6. The van der Waals surface area contributed by atoms with E-state index in [1.807, 2.05) is 18.2 Å². The highest BCUT2D eigenvalue weighted by Gasteiger charge is 2.12. The third-order valence-electron chi connectivity index (χ3n) is 3.54. The van der Waals surface area contributed by atoms with Crippen molar-refractivity contribution in [3.05, 3.63) is 59.8 Å². The number of rotatable bonds is 4. The molecule has 1 aromatic heterocycles. The zero-order valence-electron chi connectivity index (χ0n) is 12.1. The highest BCUT2D eigenvalue weighted by atomic mass is 16.5. The fourth-order valence-corrected chi connectivity index (χ4v) is 2.45. The average molecular weight is 296 g/mol. The van der Waals surface area contributed by atoms with E-state index in [4.69, 9.17) is 4.74 Å². The van der Waals surface area contributed by atoms with Gasteiger partial charge in [0.15, 0.2) is 0 Å². The lowest BCUT2D eigenvalue weighted by Crippen LogP contribution is -2.12. The molecule has 5 nitrogen and oxygen atoms in total. The van der Waals surface area contributed by atoms with Crippen LogP contribution in [0.2, 0.25) is 0 Å². The van der Waals surface area contributed by atoms with Gasteiger partial charge in [-0.05, 0) is 30.3 Å². The predicted molar refractivity (Wildman–Crippen MR) is 85.2 cm³/mol. The molecule has 0 saturated heterocycles. The second-order valence-electron chi connectivity index (χ2n) is 4.89. The first-order valence-electron chi connectivity index (χ1n) is 6.88. The number of ether oxygens (including phenoxy) is 1. The van der Waals surface area contributed by atoms with Crippen molar-refractivity contribution >= 4 is 22.5 Å². The van der Waals surface area contributed by atoms with E-state index in [-0.39, 0.29) is 12.5 Å². The molecule has 0 aliphatic rings. The topological polar surface area (TPSA) is 74.3 Å². The molecule has 5 heteroatoms. The van der Waals surface area contributed by atoms with E-state index in [1.54, 1.807) is 37.6 Å². The Labute approximate surface area is 127 Å². The number of anilines is 1. The fraction of sp³-hybridized carbons (Fsp3) is 0.118. The molecule has 2 aromatic carbocycles. The maximum atomic E-state index is 12.5. The Morgan fingerprint density at radius 3 is 2.91 bits per heavy atom. The molecule has 1 amide bonds. The number of hydrogen-bond acceptors (Lipinski definition) is 3. The van der Waals surface area contributed by atoms with Gasteiger partial charge in [0.05, 0.1) is 24.8 Å². The number of nitrogens with one attached hydrogen (secondary N) is 2. The van der Waals surface area contributed by atoms with Crippen molar-refractivity contribution in [1.82, 2.24) is 4.98 Å². The standard InChI is InChI=1S/C17H16N2O3/c1-22-15-6-5-13(9-12(15)10-20)19-17(21)14-4-2-3-11-7-8-18-16(11)14/h2-9,18,20H,10H2,1H3,(H,19,21). The molecule has 0 aliphatic carbocycles. The lowest BCUT2D eigenvalue weighted by atomic mass is 10.1. The van der Waals surface area contributed by atoms with Crippen LogP contribution in [-0.2, 0) is 6.61 Å². The number of H-pyrrole nitrogens is 1. The Balaban J connectivity index is 1.90. The van der Waals surface area contributed by atoms with Gasteiger partial charge in [-0.1, -0.05) is 12.1 Å². The summed E-state index contributed by atoms with van der Waals surface area (Å²) in [6.45, 7) is -0.154. The molecule has 1 heterocycles. The summed E-state index contributed by atoms with van der Waals surface area (Å²) in [5.41, 5.74) is 2.61. The van der Waals surface area contributed by atoms with Gasteiger partial charge in [0.2, 0.25) is 0 Å². The Morgan fingerprint density at radius 1 is 1.27 bits per heavy atom. The molecule has 0 spiro atoms. The maximum absolute atomic E-state index is 12.5. The van der Waals surface area contributed by atoms with Gasteiger partial charge in [-0.3, -0.25) is 4.79 Å². The number of hydrogen-bond donors (Lipinski definition) is 3. The largest absolute Gasteiger partial charge is 0.496 e. The van der Waals surface area contributed by atoms with Crippen LogP contribution in [0.5, 0.6) is 5.75 Å². The summed E-state index contributed by atoms with van der Waals surface area (Å²) in [6, 6.07) is 12.6. The number of carbonyl (C=O) groups excluding carboxylic acids is 1. The summed E-state index contributed by atoms with van der Waals surface area (Å²) in [7, 11) is 1.54. The van der Waals surface area contributed by atoms with Gasteiger partial charge in [0, 0.05) is 22.8 Å². The van der Waals surface area contributed by atoms with E-state index in [1.165, 1.54) is 0 Å². The molecular weight excluding hydrogens is 280 g/mol. The predicted octanol–water partition coefficient (Wildman–Crippen LogP) is 2.92. The number of carbonyl (C=O) groups is 1. The monoisotopic (exact) mass is 296 g/mol. The maximum Gasteiger partial charge on any atom is 0.257 e. The van der Waals surface area contributed by atoms with Crippen molar-refractivity contribution in [3.8, 4) is 5.75 Å². The molecule has 0 fully saturated rings. The first-order valence-corrected chi connectivity index (χ1v) is 6.88. The van der Waals surface area contributed by atoms with Gasteiger partial charge in [-0.15, -0.1) is 0 Å². The van der Waals surface area contributed by atoms with Gasteiger partial charge in [-0.2, -0.15) is 0 Å². The number of benzene rings is 2. The van der Waals surface area contributed by atoms with Crippen LogP contribution in [0.25, 0.3) is 10.9 Å². The van der Waals surface area contributed by atoms with E-state index in [2.05, 4.69) is 10.3 Å². The van der Waals surface area contributed by atoms with E-state index >= 15 is 0 Å². The minimum absolute atomic E-state index is 0.154. The third kappa shape index (κ3) is 2.54. The molecule has 3 rings (SSSR count). The Morgan fingerprint density at radius 2 is 2.14 bits per heavy atom. The Kier molecular flexibility index (Phi) is 3.80. The minimum Gasteiger partial charge on any atom is -0.496 e. The number of aliphatic hydroxyl groups excluding tert-OH is 1. The lowest BCUT2D eigenvalue weighted by molar-refractivity contribution is 0.102. The van der Waals surface area contributed by atoms with Gasteiger partial charge in [0.1, 0.15) is 5.75 Å². The quantitative estimate of drug-likeness (QED) is 0.693. The van der Waals surface area contributed by atoms with Crippen LogP contribution in [0, 0.1) is 0 Å². The van der Waals surface area contributed by atoms with Crippen molar-refractivity contribution in [2.45, 2.75) is 6.61 Å². The second kappa shape index (κ2) is 5.91. The van der Waals surface area contributed by atoms with Crippen molar-refractivity contribution in [1.29, 1.82) is 0 Å². The number of aromatic amines is 1. The van der Waals surface area contributed by atoms with Crippen molar-refractivity contribution in [3.63, 3.8) is 0 Å². The molecule has 0 bridgehead atoms. The summed E-state index contributed by atoms with van der Waals surface area (Å²) in [5, 5.41) is 13.2. The van der Waals surface area contributed by atoms with Crippen LogP contribution < -0.4 is 10.1 Å².